The van der Waals surface area contributed by atoms with Gasteiger partial charge in [-0.2, -0.15) is 0 Å². The number of hydrogen-bond donors (Lipinski definition) is 1. The Morgan fingerprint density at radius 1 is 1.07 bits per heavy atom. The van der Waals surface area contributed by atoms with Gasteiger partial charge in [0.25, 0.3) is 0 Å². The first kappa shape index (κ1) is 35.3. The number of carbonyl (C=O) groups excluding carboxylic acids is 3. The summed E-state index contributed by atoms with van der Waals surface area (Å²) in [5, 5.41) is 5.75. The number of cyclic esters (lactones) is 2. The van der Waals surface area contributed by atoms with Crippen molar-refractivity contribution in [1.82, 2.24) is 15.1 Å². The van der Waals surface area contributed by atoms with Crippen molar-refractivity contribution < 1.29 is 99.3 Å². The van der Waals surface area contributed by atoms with Crippen molar-refractivity contribution in [3.05, 3.63) is 10.4 Å². The average Bonchev–Trinajstić information content (AvgIpc) is 3.16. The summed E-state index contributed by atoms with van der Waals surface area (Å²) in [7, 11) is 3.29. The Bertz CT molecular complexity index is 478. The molecule has 13 heteroatoms. The van der Waals surface area contributed by atoms with Crippen LogP contribution in [0.5, 0.6) is 0 Å². The van der Waals surface area contributed by atoms with E-state index in [1.165, 1.54) is 9.80 Å². The second-order valence-corrected chi connectivity index (χ2v) is 4.71. The quantitative estimate of drug-likeness (QED) is 0.293. The summed E-state index contributed by atoms with van der Waals surface area (Å²) in [4.78, 5) is 36.8. The number of nitrogens with zero attached hydrogens (tertiary/aromatic N) is 5. The van der Waals surface area contributed by atoms with Gasteiger partial charge < -0.3 is 24.6 Å². The van der Waals surface area contributed by atoms with Crippen molar-refractivity contribution in [3.8, 4) is 0 Å². The third-order valence-electron chi connectivity index (χ3n) is 2.89. The number of likely N-dealkylation sites (N-methyl/N-ethyl adjacent to an activating group) is 2. The van der Waals surface area contributed by atoms with Gasteiger partial charge in [0.1, 0.15) is 12.2 Å². The summed E-state index contributed by atoms with van der Waals surface area (Å²) in [6, 6.07) is 0. The van der Waals surface area contributed by atoms with Crippen LogP contribution in [0.15, 0.2) is 5.11 Å². The molecule has 11 nitrogen and oxygen atoms in total. The van der Waals surface area contributed by atoms with Crippen LogP contribution < -0.4 is 5.32 Å². The molecular weight excluding hydrogens is 424 g/mol. The first-order chi connectivity index (χ1) is 12.5. The van der Waals surface area contributed by atoms with Gasteiger partial charge in [0.05, 0.1) is 26.2 Å². The summed E-state index contributed by atoms with van der Waals surface area (Å²) in [5.74, 6) is 0. The van der Waals surface area contributed by atoms with E-state index in [1.54, 1.807) is 14.1 Å². The monoisotopic (exact) mass is 454 g/mol. The van der Waals surface area contributed by atoms with E-state index in [0.29, 0.717) is 26.0 Å². The molecule has 166 valence electrons. The molecule has 2 atom stereocenters. The summed E-state index contributed by atoms with van der Waals surface area (Å²) < 4.78 is 9.64. The number of rotatable bonds is 5. The maximum Gasteiger partial charge on any atom is 0.410 e. The molecule has 0 radical (unpaired) electrons. The molecule has 0 aliphatic carbocycles. The van der Waals surface area contributed by atoms with Crippen LogP contribution in [0.25, 0.3) is 10.4 Å². The van der Waals surface area contributed by atoms with Gasteiger partial charge in [0, 0.05) is 94.5 Å². The van der Waals surface area contributed by atoms with Crippen molar-refractivity contribution in [3.63, 3.8) is 0 Å². The number of hydrogen-bond acceptors (Lipinski definition) is 6. The number of azide groups is 1. The fraction of sp³-hybridized carbons (Fsp3) is 0.800. The molecule has 2 rings (SSSR count). The van der Waals surface area contributed by atoms with E-state index >= 15 is 0 Å². The molecule has 0 aromatic carbocycles. The average molecular weight is 454 g/mol. The minimum absolute atomic E-state index is 0. The van der Waals surface area contributed by atoms with Crippen molar-refractivity contribution >= 4 is 18.6 Å². The molecule has 2 saturated heterocycles. The second kappa shape index (κ2) is 23.1. The van der Waals surface area contributed by atoms with Crippen molar-refractivity contribution in [1.29, 1.82) is 0 Å². The van der Waals surface area contributed by atoms with E-state index in [2.05, 4.69) is 15.3 Å². The predicted molar refractivity (Wildman–Crippen MR) is 96.6 cm³/mol. The Morgan fingerprint density at radius 2 is 1.50 bits per heavy atom. The van der Waals surface area contributed by atoms with E-state index in [9.17, 15) is 14.4 Å². The zero-order valence-corrected chi connectivity index (χ0v) is 18.5. The standard InChI is InChI=1S/C6H10N2O3.C5H8N4O2.2C2H6.2Ar/c1-8-3-5(2-7-4-9)11-6(8)10;1-9-3-4(2-7-8-6)11-5(9)10;2*1-2;;/h4-5H,2-3H2,1H3,(H,7,9);4H,2-3H2,1H3;2*1-2H3;;/t5-;4-;;;;/m00..../s1. The molecule has 0 spiro atoms. The van der Waals surface area contributed by atoms with Crippen LogP contribution in [-0.2, 0) is 14.3 Å². The summed E-state index contributed by atoms with van der Waals surface area (Å²) in [6.45, 7) is 9.64. The first-order valence-corrected chi connectivity index (χ1v) is 8.49. The molecule has 2 aliphatic rings. The second-order valence-electron chi connectivity index (χ2n) is 4.71. The largest absolute Gasteiger partial charge is 0.444 e. The number of nitrogens with one attached hydrogen (secondary N) is 1. The maximum absolute atomic E-state index is 10.7. The Labute approximate surface area is 226 Å². The fourth-order valence-electron chi connectivity index (χ4n) is 1.81. The molecular formula is C15H30Ar2N6O5. The summed E-state index contributed by atoms with van der Waals surface area (Å²) in [6.07, 6.45) is -0.571. The van der Waals surface area contributed by atoms with Gasteiger partial charge in [-0.3, -0.25) is 4.79 Å². The van der Waals surface area contributed by atoms with Crippen LogP contribution in [0.1, 0.15) is 27.7 Å². The van der Waals surface area contributed by atoms with Crippen LogP contribution >= 0.6 is 0 Å². The van der Waals surface area contributed by atoms with Crippen LogP contribution in [0.4, 0.5) is 9.59 Å². The van der Waals surface area contributed by atoms with Crippen LogP contribution in [0, 0.1) is 75.5 Å². The van der Waals surface area contributed by atoms with Gasteiger partial charge in [-0.25, -0.2) is 9.59 Å². The van der Waals surface area contributed by atoms with Crippen molar-refractivity contribution in [2.75, 3.05) is 40.3 Å². The normalized spacial score (nSPS) is 18.5. The molecule has 2 heterocycles. The number of carbonyl (C=O) groups is 3. The Balaban J connectivity index is -0.000000165. The van der Waals surface area contributed by atoms with Crippen molar-refractivity contribution in [2.24, 2.45) is 5.11 Å². The van der Waals surface area contributed by atoms with Crippen LogP contribution in [0.3, 0.4) is 0 Å². The number of ether oxygens (including phenoxy) is 2. The molecule has 0 aromatic heterocycles. The molecule has 3 amide bonds. The zero-order valence-electron chi connectivity index (χ0n) is 17.0. The van der Waals surface area contributed by atoms with Gasteiger partial charge in [0.2, 0.25) is 6.41 Å². The van der Waals surface area contributed by atoms with Gasteiger partial charge in [-0.05, 0) is 5.53 Å². The van der Waals surface area contributed by atoms with E-state index in [0.717, 1.165) is 0 Å². The van der Waals surface area contributed by atoms with Gasteiger partial charge in [0.15, 0.2) is 0 Å². The molecule has 0 aromatic rings. The topological polar surface area (TPSA) is 137 Å². The van der Waals surface area contributed by atoms with E-state index in [-0.39, 0.29) is 106 Å². The van der Waals surface area contributed by atoms with E-state index in [4.69, 9.17) is 15.0 Å². The minimum Gasteiger partial charge on any atom is -0.444 e. The third kappa shape index (κ3) is 15.7. The first-order valence-electron chi connectivity index (χ1n) is 8.49. The molecule has 2 aliphatic heterocycles. The number of amides is 3. The maximum atomic E-state index is 10.7. The van der Waals surface area contributed by atoms with E-state index in [1.807, 2.05) is 27.7 Å². The van der Waals surface area contributed by atoms with Crippen molar-refractivity contribution in [2.45, 2.75) is 39.9 Å². The molecule has 0 bridgehead atoms. The molecule has 0 unspecified atom stereocenters. The Morgan fingerprint density at radius 3 is 1.82 bits per heavy atom. The molecule has 2 fully saturated rings. The SMILES string of the molecule is CC.CC.CN1C[C@H](CN=[N+]=[N-])OC1=O.CN1C[C@H](CNC=O)OC1=O.[Ar].[Ar]. The van der Waals surface area contributed by atoms with Crippen LogP contribution in [-0.4, -0.2) is 80.9 Å². The third-order valence-corrected chi connectivity index (χ3v) is 2.89. The Hall–Kier alpha value is -0.161. The smallest absolute Gasteiger partial charge is 0.410 e. The minimum atomic E-state index is -0.358. The summed E-state index contributed by atoms with van der Waals surface area (Å²) >= 11 is 0. The Kier molecular flexibility index (Phi) is 29.1. The van der Waals surface area contributed by atoms with Gasteiger partial charge in [-0.15, -0.1) is 0 Å². The predicted octanol–water partition coefficient (Wildman–Crippen LogP) is 1.98. The molecule has 1 N–H and O–H groups in total. The van der Waals surface area contributed by atoms with Gasteiger partial charge in [-0.1, -0.05) is 32.8 Å². The molecule has 28 heavy (non-hydrogen) atoms. The summed E-state index contributed by atoms with van der Waals surface area (Å²) in [5.41, 5.74) is 7.96. The molecule has 0 saturated carbocycles. The van der Waals surface area contributed by atoms with Gasteiger partial charge >= 0.3 is 12.2 Å². The fourth-order valence-corrected chi connectivity index (χ4v) is 1.81. The van der Waals surface area contributed by atoms with E-state index < -0.39 is 0 Å². The zero-order chi connectivity index (χ0) is 20.5. The van der Waals surface area contributed by atoms with Crippen LogP contribution in [0.2, 0.25) is 0 Å².